The van der Waals surface area contributed by atoms with Crippen LogP contribution in [0.3, 0.4) is 0 Å². The van der Waals surface area contributed by atoms with Gasteiger partial charge in [-0.1, -0.05) is 24.3 Å². The number of nitrogens with one attached hydrogen (secondary N) is 1. The van der Waals surface area contributed by atoms with Gasteiger partial charge in [0.1, 0.15) is 11.4 Å². The van der Waals surface area contributed by atoms with E-state index in [0.717, 1.165) is 61.5 Å². The van der Waals surface area contributed by atoms with E-state index in [-0.39, 0.29) is 6.04 Å². The van der Waals surface area contributed by atoms with Gasteiger partial charge in [-0.05, 0) is 61.2 Å². The quantitative estimate of drug-likeness (QED) is 0.626. The van der Waals surface area contributed by atoms with Crippen LogP contribution >= 0.6 is 0 Å². The Balaban J connectivity index is 1.64. The van der Waals surface area contributed by atoms with Crippen molar-refractivity contribution >= 4 is 0 Å². The molecule has 0 amide bonds. The lowest BCUT2D eigenvalue weighted by molar-refractivity contribution is -0.0537. The van der Waals surface area contributed by atoms with Gasteiger partial charge in [-0.2, -0.15) is 0 Å². The maximum atomic E-state index is 12.6. The highest BCUT2D eigenvalue weighted by Crippen LogP contribution is 2.47. The summed E-state index contributed by atoms with van der Waals surface area (Å²) in [5.74, 6) is 0.781. The summed E-state index contributed by atoms with van der Waals surface area (Å²) in [6.07, 6.45) is 9.25. The minimum absolute atomic E-state index is 0.309. The van der Waals surface area contributed by atoms with E-state index >= 15 is 0 Å². The van der Waals surface area contributed by atoms with E-state index < -0.39 is 5.60 Å². The summed E-state index contributed by atoms with van der Waals surface area (Å²) < 4.78 is 5.54. The highest BCUT2D eigenvalue weighted by Gasteiger charge is 2.48. The zero-order valence-corrected chi connectivity index (χ0v) is 18.4. The molecule has 3 aromatic rings. The van der Waals surface area contributed by atoms with Crippen LogP contribution in [0.5, 0.6) is 5.75 Å². The van der Waals surface area contributed by atoms with Gasteiger partial charge in [-0.25, -0.2) is 0 Å². The van der Waals surface area contributed by atoms with Gasteiger partial charge in [-0.3, -0.25) is 14.9 Å². The van der Waals surface area contributed by atoms with Gasteiger partial charge in [0.25, 0.3) is 0 Å². The van der Waals surface area contributed by atoms with Gasteiger partial charge in [0.2, 0.25) is 0 Å². The highest BCUT2D eigenvalue weighted by atomic mass is 16.5. The van der Waals surface area contributed by atoms with Crippen molar-refractivity contribution in [1.29, 1.82) is 0 Å². The summed E-state index contributed by atoms with van der Waals surface area (Å²) in [5, 5.41) is 16.1. The van der Waals surface area contributed by atoms with Crippen molar-refractivity contribution in [2.75, 3.05) is 33.3 Å². The maximum Gasteiger partial charge on any atom is 0.137 e. The molecule has 2 aliphatic rings. The van der Waals surface area contributed by atoms with Crippen LogP contribution < -0.4 is 10.1 Å². The first-order chi connectivity index (χ1) is 15.6. The standard InChI is InChI=1S/C26H30N4O2/c1-32-23-8-2-5-20(15-23)24(30-13-9-25(10-14-30)18-29-19-25)26(31,21-6-3-11-27-16-21)22-7-4-12-28-17-22/h2-8,11-12,15-17,24,29,31H,9-10,13-14,18-19H2,1H3. The lowest BCUT2D eigenvalue weighted by Crippen LogP contribution is -2.59. The number of aromatic nitrogens is 2. The fraction of sp³-hybridized carbons (Fsp3) is 0.385. The second-order valence-corrected chi connectivity index (χ2v) is 9.07. The van der Waals surface area contributed by atoms with Crippen molar-refractivity contribution in [3.8, 4) is 5.75 Å². The molecule has 2 saturated heterocycles. The van der Waals surface area contributed by atoms with Crippen molar-refractivity contribution in [3.05, 3.63) is 90.0 Å². The summed E-state index contributed by atoms with van der Waals surface area (Å²) in [5.41, 5.74) is 1.62. The molecule has 166 valence electrons. The summed E-state index contributed by atoms with van der Waals surface area (Å²) in [6, 6.07) is 15.4. The topological polar surface area (TPSA) is 70.5 Å². The molecular weight excluding hydrogens is 400 g/mol. The number of hydrogen-bond acceptors (Lipinski definition) is 6. The monoisotopic (exact) mass is 430 g/mol. The SMILES string of the molecule is COc1cccc(C(N2CCC3(CC2)CNC3)C(O)(c2cccnc2)c2cccnc2)c1. The summed E-state index contributed by atoms with van der Waals surface area (Å²) in [4.78, 5) is 11.1. The molecule has 4 heterocycles. The van der Waals surface area contributed by atoms with Crippen LogP contribution in [-0.2, 0) is 5.60 Å². The summed E-state index contributed by atoms with van der Waals surface area (Å²) in [6.45, 7) is 4.04. The molecule has 5 rings (SSSR count). The molecule has 0 bridgehead atoms. The van der Waals surface area contributed by atoms with E-state index in [2.05, 4.69) is 26.3 Å². The molecule has 2 fully saturated rings. The zero-order chi connectivity index (χ0) is 22.0. The van der Waals surface area contributed by atoms with Crippen LogP contribution in [-0.4, -0.2) is 53.3 Å². The third kappa shape index (κ3) is 3.68. The third-order valence-electron chi connectivity index (χ3n) is 7.23. The first-order valence-corrected chi connectivity index (χ1v) is 11.3. The van der Waals surface area contributed by atoms with Crippen LogP contribution in [0.1, 0.15) is 35.6 Å². The summed E-state index contributed by atoms with van der Waals surface area (Å²) >= 11 is 0. The van der Waals surface area contributed by atoms with E-state index in [1.54, 1.807) is 31.9 Å². The Morgan fingerprint density at radius 1 is 1.00 bits per heavy atom. The minimum atomic E-state index is -1.32. The fourth-order valence-corrected chi connectivity index (χ4v) is 5.28. The van der Waals surface area contributed by atoms with Gasteiger partial charge in [0, 0.05) is 49.0 Å². The number of methoxy groups -OCH3 is 1. The van der Waals surface area contributed by atoms with E-state index in [9.17, 15) is 5.11 Å². The second-order valence-electron chi connectivity index (χ2n) is 9.07. The number of piperidine rings is 1. The average Bonchev–Trinajstić information content (AvgIpc) is 2.85. The van der Waals surface area contributed by atoms with Crippen LogP contribution in [0.25, 0.3) is 0 Å². The lowest BCUT2D eigenvalue weighted by atomic mass is 9.71. The van der Waals surface area contributed by atoms with Crippen molar-refractivity contribution in [3.63, 3.8) is 0 Å². The first-order valence-electron chi connectivity index (χ1n) is 11.3. The molecule has 1 spiro atoms. The van der Waals surface area contributed by atoms with Crippen molar-refractivity contribution in [1.82, 2.24) is 20.2 Å². The lowest BCUT2D eigenvalue weighted by Gasteiger charge is -2.52. The largest absolute Gasteiger partial charge is 0.497 e. The van der Waals surface area contributed by atoms with Crippen molar-refractivity contribution in [2.45, 2.75) is 24.5 Å². The van der Waals surface area contributed by atoms with Crippen LogP contribution in [0.2, 0.25) is 0 Å². The molecule has 6 heteroatoms. The molecule has 1 unspecified atom stereocenters. The minimum Gasteiger partial charge on any atom is -0.497 e. The van der Waals surface area contributed by atoms with Gasteiger partial charge in [-0.15, -0.1) is 0 Å². The molecule has 2 aliphatic heterocycles. The summed E-state index contributed by atoms with van der Waals surface area (Å²) in [7, 11) is 1.68. The number of benzene rings is 1. The molecule has 2 aromatic heterocycles. The molecule has 1 aromatic carbocycles. The Morgan fingerprint density at radius 3 is 2.16 bits per heavy atom. The Labute approximate surface area is 189 Å². The molecule has 0 radical (unpaired) electrons. The van der Waals surface area contributed by atoms with Gasteiger partial charge < -0.3 is 15.2 Å². The first kappa shape index (κ1) is 21.1. The van der Waals surface area contributed by atoms with E-state index in [0.29, 0.717) is 5.41 Å². The van der Waals surface area contributed by atoms with Crippen molar-refractivity contribution in [2.24, 2.45) is 5.41 Å². The number of aliphatic hydroxyl groups is 1. The van der Waals surface area contributed by atoms with Gasteiger partial charge >= 0.3 is 0 Å². The van der Waals surface area contributed by atoms with Crippen LogP contribution in [0.4, 0.5) is 0 Å². The van der Waals surface area contributed by atoms with Gasteiger partial charge in [0.05, 0.1) is 13.2 Å². The van der Waals surface area contributed by atoms with E-state index in [1.807, 2.05) is 42.5 Å². The van der Waals surface area contributed by atoms with Gasteiger partial charge in [0.15, 0.2) is 0 Å². The Bertz CT molecular complexity index is 990. The van der Waals surface area contributed by atoms with Crippen molar-refractivity contribution < 1.29 is 9.84 Å². The zero-order valence-electron chi connectivity index (χ0n) is 18.4. The number of likely N-dealkylation sites (tertiary alicyclic amines) is 1. The Kier molecular flexibility index (Phi) is 5.67. The molecule has 1 atom stereocenters. The molecule has 32 heavy (non-hydrogen) atoms. The molecule has 0 saturated carbocycles. The molecule has 6 nitrogen and oxygen atoms in total. The molecular formula is C26H30N4O2. The predicted octanol–water partition coefficient (Wildman–Crippen LogP) is 3.15. The fourth-order valence-electron chi connectivity index (χ4n) is 5.28. The molecule has 2 N–H and O–H groups in total. The van der Waals surface area contributed by atoms with E-state index in [1.165, 1.54) is 0 Å². The predicted molar refractivity (Wildman–Crippen MR) is 123 cm³/mol. The maximum absolute atomic E-state index is 12.6. The smallest absolute Gasteiger partial charge is 0.137 e. The highest BCUT2D eigenvalue weighted by molar-refractivity contribution is 5.41. The number of pyridine rings is 2. The normalized spacial score (nSPS) is 19.3. The van der Waals surface area contributed by atoms with Crippen LogP contribution in [0, 0.1) is 5.41 Å². The molecule has 0 aliphatic carbocycles. The third-order valence-corrected chi connectivity index (χ3v) is 7.23. The van der Waals surface area contributed by atoms with E-state index in [4.69, 9.17) is 4.74 Å². The Morgan fingerprint density at radius 2 is 1.66 bits per heavy atom. The van der Waals surface area contributed by atoms with Crippen LogP contribution in [0.15, 0.2) is 73.3 Å². The number of rotatable bonds is 6. The average molecular weight is 431 g/mol. The Hall–Kier alpha value is -2.80. The number of ether oxygens (including phenoxy) is 1. The number of hydrogen-bond donors (Lipinski definition) is 2. The second kappa shape index (κ2) is 8.62. The number of nitrogens with zero attached hydrogens (tertiary/aromatic N) is 3.